The molecule has 0 aliphatic carbocycles. The van der Waals surface area contributed by atoms with Crippen LogP contribution in [-0.2, 0) is 21.0 Å². The Kier molecular flexibility index (Phi) is 5.86. The first-order valence-corrected chi connectivity index (χ1v) is 9.08. The SMILES string of the molecule is O=C(CNS(=O)(=O)c1cccc(C(F)(F)F)c1)Nc1ccc(Br)cc1. The predicted molar refractivity (Wildman–Crippen MR) is 89.4 cm³/mol. The number of benzene rings is 2. The van der Waals surface area contributed by atoms with Gasteiger partial charge in [-0.2, -0.15) is 13.2 Å². The van der Waals surface area contributed by atoms with Crippen LogP contribution in [0.3, 0.4) is 0 Å². The quantitative estimate of drug-likeness (QED) is 0.754. The molecule has 0 saturated carbocycles. The van der Waals surface area contributed by atoms with Crippen LogP contribution in [0.1, 0.15) is 5.56 Å². The van der Waals surface area contributed by atoms with Gasteiger partial charge in [0.05, 0.1) is 17.0 Å². The van der Waals surface area contributed by atoms with Crippen molar-refractivity contribution in [2.24, 2.45) is 0 Å². The number of carbonyl (C=O) groups excluding carboxylic acids is 1. The minimum absolute atomic E-state index is 0.450. The largest absolute Gasteiger partial charge is 0.416 e. The summed E-state index contributed by atoms with van der Waals surface area (Å²) < 4.78 is 64.8. The number of rotatable bonds is 5. The van der Waals surface area contributed by atoms with E-state index in [1.165, 1.54) is 0 Å². The maximum absolute atomic E-state index is 12.7. The van der Waals surface area contributed by atoms with Gasteiger partial charge in [0, 0.05) is 10.2 Å². The van der Waals surface area contributed by atoms with Gasteiger partial charge in [-0.15, -0.1) is 0 Å². The summed E-state index contributed by atoms with van der Waals surface area (Å²) in [6.07, 6.45) is -4.66. The van der Waals surface area contributed by atoms with Gasteiger partial charge in [0.1, 0.15) is 0 Å². The average molecular weight is 437 g/mol. The van der Waals surface area contributed by atoms with E-state index in [4.69, 9.17) is 0 Å². The van der Waals surface area contributed by atoms with Crippen LogP contribution in [-0.4, -0.2) is 20.9 Å². The van der Waals surface area contributed by atoms with Crippen molar-refractivity contribution in [2.75, 3.05) is 11.9 Å². The molecule has 0 aromatic heterocycles. The van der Waals surface area contributed by atoms with E-state index in [1.807, 2.05) is 4.72 Å². The normalized spacial score (nSPS) is 12.0. The highest BCUT2D eigenvalue weighted by Gasteiger charge is 2.31. The summed E-state index contributed by atoms with van der Waals surface area (Å²) in [5.41, 5.74) is -0.638. The summed E-state index contributed by atoms with van der Waals surface area (Å²) in [5, 5.41) is 2.46. The van der Waals surface area contributed by atoms with Crippen molar-refractivity contribution in [3.05, 3.63) is 58.6 Å². The summed E-state index contributed by atoms with van der Waals surface area (Å²) in [5.74, 6) is -0.655. The molecule has 2 N–H and O–H groups in total. The highest BCUT2D eigenvalue weighted by Crippen LogP contribution is 2.30. The molecule has 2 rings (SSSR count). The third kappa shape index (κ3) is 5.55. The topological polar surface area (TPSA) is 75.3 Å². The molecule has 0 aliphatic heterocycles. The van der Waals surface area contributed by atoms with E-state index in [0.29, 0.717) is 11.8 Å². The van der Waals surface area contributed by atoms with Crippen LogP contribution in [0.5, 0.6) is 0 Å². The molecule has 0 aliphatic rings. The number of carbonyl (C=O) groups is 1. The molecular formula is C15H12BrF3N2O3S. The molecule has 0 fully saturated rings. The van der Waals surface area contributed by atoms with Gasteiger partial charge in [-0.05, 0) is 42.5 Å². The first-order chi connectivity index (χ1) is 11.6. The van der Waals surface area contributed by atoms with Crippen LogP contribution in [0, 0.1) is 0 Å². The minimum atomic E-state index is -4.66. The van der Waals surface area contributed by atoms with E-state index in [-0.39, 0.29) is 0 Å². The molecule has 0 heterocycles. The molecule has 0 spiro atoms. The van der Waals surface area contributed by atoms with Crippen molar-refractivity contribution >= 4 is 37.5 Å². The van der Waals surface area contributed by atoms with Crippen LogP contribution in [0.4, 0.5) is 18.9 Å². The predicted octanol–water partition coefficient (Wildman–Crippen LogP) is 3.38. The first-order valence-electron chi connectivity index (χ1n) is 6.80. The maximum Gasteiger partial charge on any atom is 0.416 e. The van der Waals surface area contributed by atoms with Gasteiger partial charge in [-0.1, -0.05) is 22.0 Å². The van der Waals surface area contributed by atoms with Crippen LogP contribution in [0.2, 0.25) is 0 Å². The third-order valence-electron chi connectivity index (χ3n) is 3.02. The summed E-state index contributed by atoms with van der Waals surface area (Å²) in [4.78, 5) is 11.2. The van der Waals surface area contributed by atoms with Crippen LogP contribution >= 0.6 is 15.9 Å². The molecule has 2 aromatic carbocycles. The Morgan fingerprint density at radius 1 is 1.08 bits per heavy atom. The minimum Gasteiger partial charge on any atom is -0.325 e. The summed E-state index contributed by atoms with van der Waals surface area (Å²) >= 11 is 3.23. The molecule has 134 valence electrons. The highest BCUT2D eigenvalue weighted by molar-refractivity contribution is 9.10. The Hall–Kier alpha value is -1.91. The Bertz CT molecular complexity index is 868. The zero-order chi connectivity index (χ0) is 18.7. The lowest BCUT2D eigenvalue weighted by atomic mass is 10.2. The van der Waals surface area contributed by atoms with Crippen molar-refractivity contribution in [2.45, 2.75) is 11.1 Å². The standard InChI is InChI=1S/C15H12BrF3N2O3S/c16-11-4-6-12(7-5-11)21-14(22)9-20-25(23,24)13-3-1-2-10(8-13)15(17,18)19/h1-8,20H,9H2,(H,21,22). The number of halogens is 4. The second-order valence-electron chi connectivity index (χ2n) is 4.91. The second kappa shape index (κ2) is 7.54. The van der Waals surface area contributed by atoms with Crippen LogP contribution in [0.15, 0.2) is 57.9 Å². The Labute approximate surface area is 150 Å². The van der Waals surface area contributed by atoms with Crippen molar-refractivity contribution < 1.29 is 26.4 Å². The zero-order valence-electron chi connectivity index (χ0n) is 12.5. The number of nitrogens with one attached hydrogen (secondary N) is 2. The van der Waals surface area contributed by atoms with E-state index in [0.717, 1.165) is 22.7 Å². The molecular weight excluding hydrogens is 425 g/mol. The number of hydrogen-bond donors (Lipinski definition) is 2. The van der Waals surface area contributed by atoms with Gasteiger partial charge in [0.15, 0.2) is 0 Å². The first kappa shape index (κ1) is 19.4. The number of sulfonamides is 1. The number of anilines is 1. The van der Waals surface area contributed by atoms with E-state index in [2.05, 4.69) is 21.2 Å². The van der Waals surface area contributed by atoms with E-state index < -0.39 is 39.1 Å². The third-order valence-corrected chi connectivity index (χ3v) is 4.95. The van der Waals surface area contributed by atoms with Crippen molar-refractivity contribution in [1.29, 1.82) is 0 Å². The molecule has 1 amide bonds. The summed E-state index contributed by atoms with van der Waals surface area (Å²) in [7, 11) is -4.26. The van der Waals surface area contributed by atoms with Crippen molar-refractivity contribution in [3.63, 3.8) is 0 Å². The smallest absolute Gasteiger partial charge is 0.325 e. The van der Waals surface area contributed by atoms with Gasteiger partial charge in [0.25, 0.3) is 0 Å². The average Bonchev–Trinajstić information content (AvgIpc) is 2.55. The van der Waals surface area contributed by atoms with E-state index >= 15 is 0 Å². The molecule has 2 aromatic rings. The monoisotopic (exact) mass is 436 g/mol. The van der Waals surface area contributed by atoms with Crippen molar-refractivity contribution in [1.82, 2.24) is 4.72 Å². The Morgan fingerprint density at radius 3 is 2.32 bits per heavy atom. The fourth-order valence-electron chi connectivity index (χ4n) is 1.82. The Balaban J connectivity index is 2.04. The molecule has 0 bridgehead atoms. The van der Waals surface area contributed by atoms with Gasteiger partial charge in [-0.25, -0.2) is 13.1 Å². The Morgan fingerprint density at radius 2 is 1.72 bits per heavy atom. The van der Waals surface area contributed by atoms with Crippen molar-refractivity contribution in [3.8, 4) is 0 Å². The maximum atomic E-state index is 12.7. The number of alkyl halides is 3. The molecule has 10 heteroatoms. The summed E-state index contributed by atoms with van der Waals surface area (Å²) in [6, 6.07) is 9.84. The van der Waals surface area contributed by atoms with Gasteiger partial charge in [0.2, 0.25) is 15.9 Å². The fourth-order valence-corrected chi connectivity index (χ4v) is 3.11. The van der Waals surface area contributed by atoms with Crippen LogP contribution < -0.4 is 10.0 Å². The molecule has 0 unspecified atom stereocenters. The fraction of sp³-hybridized carbons (Fsp3) is 0.133. The molecule has 0 saturated heterocycles. The summed E-state index contributed by atoms with van der Waals surface area (Å²) in [6.45, 7) is -0.616. The van der Waals surface area contributed by atoms with Gasteiger partial charge >= 0.3 is 6.18 Å². The van der Waals surface area contributed by atoms with Crippen LogP contribution in [0.25, 0.3) is 0 Å². The lowest BCUT2D eigenvalue weighted by molar-refractivity contribution is -0.137. The molecule has 5 nitrogen and oxygen atoms in total. The van der Waals surface area contributed by atoms with Gasteiger partial charge in [-0.3, -0.25) is 4.79 Å². The molecule has 0 atom stereocenters. The molecule has 25 heavy (non-hydrogen) atoms. The lowest BCUT2D eigenvalue weighted by Crippen LogP contribution is -2.33. The zero-order valence-corrected chi connectivity index (χ0v) is 14.9. The van der Waals surface area contributed by atoms with E-state index in [9.17, 15) is 26.4 Å². The lowest BCUT2D eigenvalue weighted by Gasteiger charge is -2.10. The molecule has 0 radical (unpaired) electrons. The highest BCUT2D eigenvalue weighted by atomic mass is 79.9. The van der Waals surface area contributed by atoms with Gasteiger partial charge < -0.3 is 5.32 Å². The second-order valence-corrected chi connectivity index (χ2v) is 7.59. The number of hydrogen-bond acceptors (Lipinski definition) is 3. The number of amides is 1. The van der Waals surface area contributed by atoms with E-state index in [1.54, 1.807) is 24.3 Å².